The van der Waals surface area contributed by atoms with Gasteiger partial charge in [0.2, 0.25) is 0 Å². The summed E-state index contributed by atoms with van der Waals surface area (Å²) in [5, 5.41) is 3.09. The third-order valence-electron chi connectivity index (χ3n) is 2.80. The summed E-state index contributed by atoms with van der Waals surface area (Å²) in [6.45, 7) is 1.26. The predicted octanol–water partition coefficient (Wildman–Crippen LogP) is 1.10. The van der Waals surface area contributed by atoms with E-state index in [0.717, 1.165) is 4.57 Å². The van der Waals surface area contributed by atoms with Crippen LogP contribution in [0, 0.1) is 0 Å². The van der Waals surface area contributed by atoms with Crippen LogP contribution in [0.4, 0.5) is 13.2 Å². The molecule has 1 N–H and O–H groups in total. The van der Waals surface area contributed by atoms with Crippen LogP contribution in [-0.4, -0.2) is 47.7 Å². The Hall–Kier alpha value is -1.50. The first-order valence-corrected chi connectivity index (χ1v) is 5.69. The van der Waals surface area contributed by atoms with Gasteiger partial charge in [0, 0.05) is 32.4 Å². The molecule has 2 heterocycles. The first kappa shape index (κ1) is 12.9. The second-order valence-corrected chi connectivity index (χ2v) is 4.18. The number of carbonyl (C=O) groups excluding carboxylic acids is 1. The molecular formula is C11H14F3N3O. The third kappa shape index (κ3) is 3.04. The largest absolute Gasteiger partial charge is 0.406 e. The third-order valence-corrected chi connectivity index (χ3v) is 2.80. The number of piperazine rings is 1. The minimum Gasteiger partial charge on any atom is -0.335 e. The summed E-state index contributed by atoms with van der Waals surface area (Å²) in [6, 6.07) is 2.89. The predicted molar refractivity (Wildman–Crippen MR) is 59.3 cm³/mol. The van der Waals surface area contributed by atoms with Crippen molar-refractivity contribution in [1.29, 1.82) is 0 Å². The lowest BCUT2D eigenvalue weighted by atomic mass is 10.3. The number of nitrogens with one attached hydrogen (secondary N) is 1. The number of hydrogen-bond acceptors (Lipinski definition) is 2. The summed E-state index contributed by atoms with van der Waals surface area (Å²) in [7, 11) is 0. The zero-order valence-electron chi connectivity index (χ0n) is 9.70. The number of carbonyl (C=O) groups is 1. The smallest absolute Gasteiger partial charge is 0.335 e. The van der Waals surface area contributed by atoms with Crippen molar-refractivity contribution in [2.75, 3.05) is 26.2 Å². The molecule has 0 aromatic carbocycles. The van der Waals surface area contributed by atoms with Gasteiger partial charge < -0.3 is 14.8 Å². The van der Waals surface area contributed by atoms with Crippen molar-refractivity contribution < 1.29 is 18.0 Å². The fourth-order valence-electron chi connectivity index (χ4n) is 1.97. The molecule has 1 saturated heterocycles. The average Bonchev–Trinajstić information content (AvgIpc) is 2.75. The maximum Gasteiger partial charge on any atom is 0.406 e. The van der Waals surface area contributed by atoms with E-state index in [2.05, 4.69) is 5.32 Å². The minimum atomic E-state index is -4.32. The molecule has 0 atom stereocenters. The zero-order chi connectivity index (χ0) is 13.2. The Morgan fingerprint density at radius 1 is 1.33 bits per heavy atom. The molecular weight excluding hydrogens is 247 g/mol. The maximum atomic E-state index is 12.3. The number of rotatable bonds is 2. The Kier molecular flexibility index (Phi) is 3.60. The van der Waals surface area contributed by atoms with Crippen LogP contribution in [-0.2, 0) is 6.54 Å². The first-order valence-electron chi connectivity index (χ1n) is 5.69. The van der Waals surface area contributed by atoms with Gasteiger partial charge in [-0.15, -0.1) is 0 Å². The first-order chi connectivity index (χ1) is 8.47. The second kappa shape index (κ2) is 5.01. The Morgan fingerprint density at radius 2 is 2.00 bits per heavy atom. The van der Waals surface area contributed by atoms with E-state index in [1.54, 1.807) is 4.90 Å². The van der Waals surface area contributed by atoms with E-state index in [9.17, 15) is 18.0 Å². The Balaban J connectivity index is 2.12. The highest BCUT2D eigenvalue weighted by Crippen LogP contribution is 2.19. The Bertz CT molecular complexity index is 421. The van der Waals surface area contributed by atoms with Gasteiger partial charge in [0.25, 0.3) is 5.91 Å². The molecule has 100 valence electrons. The molecule has 1 aliphatic heterocycles. The fourth-order valence-corrected chi connectivity index (χ4v) is 1.97. The Morgan fingerprint density at radius 3 is 2.61 bits per heavy atom. The molecule has 1 aromatic rings. The van der Waals surface area contributed by atoms with Crippen LogP contribution in [0.1, 0.15) is 10.5 Å². The van der Waals surface area contributed by atoms with Gasteiger partial charge in [-0.3, -0.25) is 4.79 Å². The van der Waals surface area contributed by atoms with Crippen LogP contribution in [0.2, 0.25) is 0 Å². The molecule has 4 nitrogen and oxygen atoms in total. The van der Waals surface area contributed by atoms with E-state index >= 15 is 0 Å². The molecule has 7 heteroatoms. The summed E-state index contributed by atoms with van der Waals surface area (Å²) in [4.78, 5) is 13.6. The van der Waals surface area contributed by atoms with Crippen molar-refractivity contribution in [2.24, 2.45) is 0 Å². The number of hydrogen-bond donors (Lipinski definition) is 1. The molecule has 1 aromatic heterocycles. The quantitative estimate of drug-likeness (QED) is 0.865. The van der Waals surface area contributed by atoms with E-state index in [1.807, 2.05) is 0 Å². The molecule has 0 saturated carbocycles. The maximum absolute atomic E-state index is 12.3. The molecule has 0 aliphatic carbocycles. The topological polar surface area (TPSA) is 37.3 Å². The second-order valence-electron chi connectivity index (χ2n) is 4.18. The van der Waals surface area contributed by atoms with Crippen LogP contribution >= 0.6 is 0 Å². The highest BCUT2D eigenvalue weighted by atomic mass is 19.4. The number of alkyl halides is 3. The highest BCUT2D eigenvalue weighted by molar-refractivity contribution is 5.92. The van der Waals surface area contributed by atoms with Gasteiger partial charge in [0.1, 0.15) is 12.2 Å². The molecule has 1 aliphatic rings. The monoisotopic (exact) mass is 261 g/mol. The van der Waals surface area contributed by atoms with Crippen molar-refractivity contribution in [3.8, 4) is 0 Å². The molecule has 1 amide bonds. The van der Waals surface area contributed by atoms with Crippen molar-refractivity contribution in [3.63, 3.8) is 0 Å². The SMILES string of the molecule is O=C(c1cccn1CC(F)(F)F)N1CCNCC1. The van der Waals surface area contributed by atoms with Crippen LogP contribution in [0.15, 0.2) is 18.3 Å². The van der Waals surface area contributed by atoms with Gasteiger partial charge in [-0.05, 0) is 12.1 Å². The molecule has 18 heavy (non-hydrogen) atoms. The van der Waals surface area contributed by atoms with E-state index < -0.39 is 12.7 Å². The molecule has 0 unspecified atom stereocenters. The van der Waals surface area contributed by atoms with Gasteiger partial charge in [-0.25, -0.2) is 0 Å². The van der Waals surface area contributed by atoms with Crippen molar-refractivity contribution >= 4 is 5.91 Å². The average molecular weight is 261 g/mol. The van der Waals surface area contributed by atoms with Crippen LogP contribution in [0.5, 0.6) is 0 Å². The summed E-state index contributed by atoms with van der Waals surface area (Å²) >= 11 is 0. The van der Waals surface area contributed by atoms with Gasteiger partial charge in [0.15, 0.2) is 0 Å². The molecule has 0 bridgehead atoms. The molecule has 0 spiro atoms. The van der Waals surface area contributed by atoms with Crippen LogP contribution < -0.4 is 5.32 Å². The zero-order valence-corrected chi connectivity index (χ0v) is 9.70. The summed E-state index contributed by atoms with van der Waals surface area (Å²) in [5.41, 5.74) is 0.0919. The van der Waals surface area contributed by atoms with E-state index in [1.165, 1.54) is 18.3 Å². The van der Waals surface area contributed by atoms with Crippen molar-refractivity contribution in [1.82, 2.24) is 14.8 Å². The standard InChI is InChI=1S/C11H14F3N3O/c12-11(13,14)8-17-5-1-2-9(17)10(18)16-6-3-15-4-7-16/h1-2,5,15H,3-4,6-8H2. The van der Waals surface area contributed by atoms with E-state index in [4.69, 9.17) is 0 Å². The molecule has 0 radical (unpaired) electrons. The lowest BCUT2D eigenvalue weighted by Gasteiger charge is -2.27. The normalized spacial score (nSPS) is 16.9. The summed E-state index contributed by atoms with van der Waals surface area (Å²) in [5.74, 6) is -0.342. The number of halogens is 3. The number of aromatic nitrogens is 1. The van der Waals surface area contributed by atoms with Gasteiger partial charge in [0.05, 0.1) is 0 Å². The minimum absolute atomic E-state index is 0.0919. The van der Waals surface area contributed by atoms with Gasteiger partial charge in [-0.2, -0.15) is 13.2 Å². The van der Waals surface area contributed by atoms with Crippen LogP contribution in [0.25, 0.3) is 0 Å². The van der Waals surface area contributed by atoms with Gasteiger partial charge >= 0.3 is 6.18 Å². The lowest BCUT2D eigenvalue weighted by Crippen LogP contribution is -2.47. The van der Waals surface area contributed by atoms with E-state index in [-0.39, 0.29) is 11.6 Å². The summed E-state index contributed by atoms with van der Waals surface area (Å²) in [6.07, 6.45) is -3.04. The fraction of sp³-hybridized carbons (Fsp3) is 0.545. The number of amides is 1. The molecule has 2 rings (SSSR count). The van der Waals surface area contributed by atoms with E-state index in [0.29, 0.717) is 26.2 Å². The number of nitrogens with zero attached hydrogens (tertiary/aromatic N) is 2. The Labute approximate surface area is 102 Å². The molecule has 1 fully saturated rings. The van der Waals surface area contributed by atoms with Crippen molar-refractivity contribution in [2.45, 2.75) is 12.7 Å². The lowest BCUT2D eigenvalue weighted by molar-refractivity contribution is -0.140. The van der Waals surface area contributed by atoms with Gasteiger partial charge in [-0.1, -0.05) is 0 Å². The highest BCUT2D eigenvalue weighted by Gasteiger charge is 2.30. The van der Waals surface area contributed by atoms with Crippen molar-refractivity contribution in [3.05, 3.63) is 24.0 Å². The summed E-state index contributed by atoms with van der Waals surface area (Å²) < 4.78 is 38.0. The van der Waals surface area contributed by atoms with Crippen LogP contribution in [0.3, 0.4) is 0 Å².